The van der Waals surface area contributed by atoms with Crippen molar-refractivity contribution in [2.24, 2.45) is 0 Å². The summed E-state index contributed by atoms with van der Waals surface area (Å²) in [6.07, 6.45) is 7.61. The Morgan fingerprint density at radius 2 is 2.27 bits per heavy atom. The Morgan fingerprint density at radius 1 is 1.35 bits per heavy atom. The average Bonchev–Trinajstić information content (AvgIpc) is 3.33. The molecular weight excluding hydrogens is 330 g/mol. The highest BCUT2D eigenvalue weighted by atomic mass is 16.5. The highest BCUT2D eigenvalue weighted by Crippen LogP contribution is 2.22. The number of benzene rings is 1. The minimum absolute atomic E-state index is 0.0850. The minimum atomic E-state index is 0.0850. The summed E-state index contributed by atoms with van der Waals surface area (Å²) in [6, 6.07) is 8.35. The minimum Gasteiger partial charge on any atom is -0.377 e. The van der Waals surface area contributed by atoms with Crippen LogP contribution in [0.5, 0.6) is 0 Å². The second-order valence-electron chi connectivity index (χ2n) is 6.65. The number of ether oxygens (including phenoxy) is 1. The van der Waals surface area contributed by atoms with E-state index in [1.54, 1.807) is 10.9 Å². The molecule has 4 rings (SSSR count). The van der Waals surface area contributed by atoms with Gasteiger partial charge in [-0.1, -0.05) is 23.4 Å². The van der Waals surface area contributed by atoms with Crippen molar-refractivity contribution in [1.82, 2.24) is 24.9 Å². The van der Waals surface area contributed by atoms with Crippen LogP contribution in [0.15, 0.2) is 42.9 Å². The molecule has 0 spiro atoms. The lowest BCUT2D eigenvalue weighted by Crippen LogP contribution is -2.49. The number of H-pyrrole nitrogens is 1. The molecule has 0 saturated carbocycles. The van der Waals surface area contributed by atoms with Crippen molar-refractivity contribution in [3.63, 3.8) is 0 Å². The molecule has 1 fully saturated rings. The van der Waals surface area contributed by atoms with E-state index in [-0.39, 0.29) is 11.9 Å². The van der Waals surface area contributed by atoms with Crippen LogP contribution in [0.4, 0.5) is 0 Å². The Hall–Kier alpha value is -2.67. The van der Waals surface area contributed by atoms with Crippen LogP contribution in [-0.4, -0.2) is 56.6 Å². The first-order valence-electron chi connectivity index (χ1n) is 9.07. The number of fused-ring (bicyclic) bond motifs is 1. The van der Waals surface area contributed by atoms with Crippen LogP contribution in [0.1, 0.15) is 18.4 Å². The van der Waals surface area contributed by atoms with Crippen molar-refractivity contribution in [1.29, 1.82) is 0 Å². The van der Waals surface area contributed by atoms with Gasteiger partial charge in [0.2, 0.25) is 5.91 Å². The van der Waals surface area contributed by atoms with E-state index in [1.807, 2.05) is 29.4 Å². The molecule has 1 aromatic carbocycles. The smallest absolute Gasteiger partial charge is 0.223 e. The zero-order chi connectivity index (χ0) is 17.8. The second kappa shape index (κ2) is 7.70. The first-order valence-corrected chi connectivity index (χ1v) is 9.07. The van der Waals surface area contributed by atoms with Gasteiger partial charge in [0.1, 0.15) is 0 Å². The van der Waals surface area contributed by atoms with Crippen LogP contribution < -0.4 is 0 Å². The SMILES string of the molecule is O=C(CCCn1ccnn1)N1CCOCC1Cc1c[nH]c2ccccc12. The Kier molecular flexibility index (Phi) is 4.97. The molecule has 7 nitrogen and oxygen atoms in total. The summed E-state index contributed by atoms with van der Waals surface area (Å²) in [7, 11) is 0. The number of nitrogens with one attached hydrogen (secondary N) is 1. The Bertz CT molecular complexity index is 858. The van der Waals surface area contributed by atoms with E-state index in [0.29, 0.717) is 32.7 Å². The second-order valence-corrected chi connectivity index (χ2v) is 6.65. The molecule has 1 atom stereocenters. The molecule has 3 heterocycles. The molecule has 1 unspecified atom stereocenters. The Balaban J connectivity index is 1.40. The molecule has 2 aromatic heterocycles. The van der Waals surface area contributed by atoms with Crippen molar-refractivity contribution < 1.29 is 9.53 Å². The third-order valence-corrected chi connectivity index (χ3v) is 4.93. The molecule has 1 N–H and O–H groups in total. The van der Waals surface area contributed by atoms with E-state index < -0.39 is 0 Å². The van der Waals surface area contributed by atoms with Crippen LogP contribution in [-0.2, 0) is 22.5 Å². The number of carbonyl (C=O) groups excluding carboxylic acids is 1. The van der Waals surface area contributed by atoms with Gasteiger partial charge in [0, 0.05) is 42.8 Å². The fraction of sp³-hybridized carbons (Fsp3) is 0.421. The summed E-state index contributed by atoms with van der Waals surface area (Å²) in [6.45, 7) is 2.58. The maximum Gasteiger partial charge on any atom is 0.223 e. The number of amides is 1. The number of rotatable bonds is 6. The summed E-state index contributed by atoms with van der Waals surface area (Å²) in [5.41, 5.74) is 2.36. The van der Waals surface area contributed by atoms with E-state index >= 15 is 0 Å². The van der Waals surface area contributed by atoms with Crippen molar-refractivity contribution in [2.45, 2.75) is 31.8 Å². The predicted molar refractivity (Wildman–Crippen MR) is 97.6 cm³/mol. The van der Waals surface area contributed by atoms with Gasteiger partial charge >= 0.3 is 0 Å². The first-order chi connectivity index (χ1) is 12.8. The van der Waals surface area contributed by atoms with E-state index in [2.05, 4.69) is 27.4 Å². The van der Waals surface area contributed by atoms with Gasteiger partial charge < -0.3 is 14.6 Å². The van der Waals surface area contributed by atoms with Crippen LogP contribution in [0.2, 0.25) is 0 Å². The van der Waals surface area contributed by atoms with Crippen LogP contribution in [0.3, 0.4) is 0 Å². The largest absolute Gasteiger partial charge is 0.377 e. The predicted octanol–water partition coefficient (Wildman–Crippen LogP) is 2.01. The van der Waals surface area contributed by atoms with Crippen molar-refractivity contribution in [3.8, 4) is 0 Å². The normalized spacial score (nSPS) is 17.7. The zero-order valence-electron chi connectivity index (χ0n) is 14.7. The van der Waals surface area contributed by atoms with E-state index in [0.717, 1.165) is 18.4 Å². The number of nitrogens with zero attached hydrogens (tertiary/aromatic N) is 4. The Labute approximate surface area is 151 Å². The van der Waals surface area contributed by atoms with Crippen LogP contribution >= 0.6 is 0 Å². The summed E-state index contributed by atoms with van der Waals surface area (Å²) in [5.74, 6) is 0.193. The molecule has 1 saturated heterocycles. The third-order valence-electron chi connectivity index (χ3n) is 4.93. The van der Waals surface area contributed by atoms with Gasteiger partial charge in [-0.2, -0.15) is 0 Å². The third kappa shape index (κ3) is 3.62. The molecule has 7 heteroatoms. The van der Waals surface area contributed by atoms with Gasteiger partial charge in [-0.05, 0) is 24.5 Å². The topological polar surface area (TPSA) is 76.0 Å². The standard InChI is InChI=1S/C19H23N5O2/c25-19(6-3-8-23-9-7-21-22-23)24-10-11-26-14-16(24)12-15-13-20-18-5-2-1-4-17(15)18/h1-2,4-5,7,9,13,16,20H,3,6,8,10-12,14H2. The monoisotopic (exact) mass is 353 g/mol. The summed E-state index contributed by atoms with van der Waals surface area (Å²) in [4.78, 5) is 18.1. The van der Waals surface area contributed by atoms with Gasteiger partial charge in [0.15, 0.2) is 0 Å². The van der Waals surface area contributed by atoms with Crippen molar-refractivity contribution >= 4 is 16.8 Å². The molecule has 0 radical (unpaired) electrons. The number of hydrogen-bond acceptors (Lipinski definition) is 4. The quantitative estimate of drug-likeness (QED) is 0.735. The molecule has 0 bridgehead atoms. The van der Waals surface area contributed by atoms with Gasteiger partial charge in [0.05, 0.1) is 25.5 Å². The van der Waals surface area contributed by atoms with E-state index in [9.17, 15) is 4.79 Å². The van der Waals surface area contributed by atoms with E-state index in [4.69, 9.17) is 4.74 Å². The lowest BCUT2D eigenvalue weighted by atomic mass is 10.0. The molecule has 136 valence electrons. The number of hydrogen-bond donors (Lipinski definition) is 1. The molecular formula is C19H23N5O2. The highest BCUT2D eigenvalue weighted by molar-refractivity contribution is 5.83. The fourth-order valence-electron chi connectivity index (χ4n) is 3.59. The summed E-state index contributed by atoms with van der Waals surface area (Å²) in [5, 5.41) is 8.94. The van der Waals surface area contributed by atoms with Crippen LogP contribution in [0.25, 0.3) is 10.9 Å². The number of morpholine rings is 1. The number of aromatic nitrogens is 4. The van der Waals surface area contributed by atoms with Gasteiger partial charge in [-0.25, -0.2) is 0 Å². The average molecular weight is 353 g/mol. The maximum atomic E-state index is 12.7. The van der Waals surface area contributed by atoms with Gasteiger partial charge in [0.25, 0.3) is 0 Å². The molecule has 1 aliphatic rings. The molecule has 3 aromatic rings. The van der Waals surface area contributed by atoms with Gasteiger partial charge in [-0.15, -0.1) is 5.10 Å². The van der Waals surface area contributed by atoms with Gasteiger partial charge in [-0.3, -0.25) is 9.48 Å². The number of para-hydroxylation sites is 1. The molecule has 1 aliphatic heterocycles. The molecule has 26 heavy (non-hydrogen) atoms. The lowest BCUT2D eigenvalue weighted by molar-refractivity contribution is -0.139. The lowest BCUT2D eigenvalue weighted by Gasteiger charge is -2.36. The van der Waals surface area contributed by atoms with Crippen molar-refractivity contribution in [2.75, 3.05) is 19.8 Å². The highest BCUT2D eigenvalue weighted by Gasteiger charge is 2.27. The Morgan fingerprint density at radius 3 is 3.15 bits per heavy atom. The zero-order valence-corrected chi connectivity index (χ0v) is 14.7. The van der Waals surface area contributed by atoms with Crippen LogP contribution in [0, 0.1) is 0 Å². The summed E-state index contributed by atoms with van der Waals surface area (Å²) >= 11 is 0. The molecule has 1 amide bonds. The maximum absolute atomic E-state index is 12.7. The number of carbonyl (C=O) groups is 1. The first kappa shape index (κ1) is 16.8. The fourth-order valence-corrected chi connectivity index (χ4v) is 3.59. The van der Waals surface area contributed by atoms with E-state index in [1.165, 1.54) is 10.9 Å². The number of aryl methyl sites for hydroxylation is 1. The summed E-state index contributed by atoms with van der Waals surface area (Å²) < 4.78 is 7.42. The number of aromatic amines is 1. The van der Waals surface area contributed by atoms with Crippen molar-refractivity contribution in [3.05, 3.63) is 48.4 Å². The molecule has 0 aliphatic carbocycles.